The Morgan fingerprint density at radius 3 is 2.32 bits per heavy atom. The summed E-state index contributed by atoms with van der Waals surface area (Å²) in [5, 5.41) is 13.1. The second-order valence-corrected chi connectivity index (χ2v) is 10.6. The fraction of sp³-hybridized carbons (Fsp3) is 0.160. The molecule has 1 saturated carbocycles. The third-order valence-corrected chi connectivity index (χ3v) is 7.31. The highest BCUT2D eigenvalue weighted by molar-refractivity contribution is 6.53. The van der Waals surface area contributed by atoms with Gasteiger partial charge in [0.05, 0.1) is 22.6 Å². The van der Waals surface area contributed by atoms with Gasteiger partial charge in [0, 0.05) is 33.6 Å². The average Bonchev–Trinajstić information content (AvgIpc) is 3.36. The summed E-state index contributed by atoms with van der Waals surface area (Å²) >= 11 is 31.2. The van der Waals surface area contributed by atoms with E-state index in [4.69, 9.17) is 58.0 Å². The lowest BCUT2D eigenvalue weighted by Gasteiger charge is -2.10. The van der Waals surface area contributed by atoms with Crippen molar-refractivity contribution in [1.29, 1.82) is 5.26 Å². The van der Waals surface area contributed by atoms with Crippen LogP contribution in [0.4, 0.5) is 5.69 Å². The Kier molecular flexibility index (Phi) is 7.14. The zero-order chi connectivity index (χ0) is 24.6. The standard InChI is InChI=1S/C25H15Cl5N2O2/c26-16-7-15(8-17(27)10-16)22-23(25(22,29)30)24(34)32-18-5-6-20(28)19(11-18)21(33)9-13-3-1-2-4-14(13)12-31/h1-8,10-11,22-23H,9H2,(H,32,34). The third-order valence-electron chi connectivity index (χ3n) is 5.60. The van der Waals surface area contributed by atoms with Gasteiger partial charge < -0.3 is 5.32 Å². The monoisotopic (exact) mass is 550 g/mol. The molecule has 4 nitrogen and oxygen atoms in total. The second kappa shape index (κ2) is 9.77. The molecule has 0 radical (unpaired) electrons. The van der Waals surface area contributed by atoms with Crippen LogP contribution in [-0.2, 0) is 11.2 Å². The van der Waals surface area contributed by atoms with Gasteiger partial charge in [-0.3, -0.25) is 9.59 Å². The predicted octanol–water partition coefficient (Wildman–Crippen LogP) is 7.47. The van der Waals surface area contributed by atoms with E-state index in [-0.39, 0.29) is 22.8 Å². The number of Topliss-reactive ketones (excluding diaryl/α,β-unsaturated/α-hetero) is 1. The van der Waals surface area contributed by atoms with Crippen LogP contribution in [0.25, 0.3) is 0 Å². The smallest absolute Gasteiger partial charge is 0.231 e. The van der Waals surface area contributed by atoms with Gasteiger partial charge in [0.2, 0.25) is 5.91 Å². The first-order chi connectivity index (χ1) is 16.1. The van der Waals surface area contributed by atoms with Crippen molar-refractivity contribution in [3.05, 3.63) is 98.0 Å². The quantitative estimate of drug-likeness (QED) is 0.255. The van der Waals surface area contributed by atoms with Gasteiger partial charge in [0.25, 0.3) is 0 Å². The number of nitrogens with zero attached hydrogens (tertiary/aromatic N) is 1. The van der Waals surface area contributed by atoms with Crippen molar-refractivity contribution >= 4 is 75.4 Å². The maximum Gasteiger partial charge on any atom is 0.231 e. The van der Waals surface area contributed by atoms with Crippen molar-refractivity contribution < 1.29 is 9.59 Å². The summed E-state index contributed by atoms with van der Waals surface area (Å²) in [7, 11) is 0. The van der Waals surface area contributed by atoms with Crippen LogP contribution in [0.1, 0.15) is 33.0 Å². The topological polar surface area (TPSA) is 70.0 Å². The van der Waals surface area contributed by atoms with Crippen LogP contribution >= 0.6 is 58.0 Å². The largest absolute Gasteiger partial charge is 0.326 e. The predicted molar refractivity (Wildman–Crippen MR) is 136 cm³/mol. The second-order valence-electron chi connectivity index (χ2n) is 7.89. The molecular weight excluding hydrogens is 538 g/mol. The van der Waals surface area contributed by atoms with E-state index in [9.17, 15) is 14.9 Å². The van der Waals surface area contributed by atoms with E-state index >= 15 is 0 Å². The molecule has 1 aliphatic rings. The Morgan fingerprint density at radius 2 is 1.65 bits per heavy atom. The van der Waals surface area contributed by atoms with Crippen LogP contribution < -0.4 is 5.32 Å². The van der Waals surface area contributed by atoms with E-state index in [2.05, 4.69) is 11.4 Å². The molecule has 4 rings (SSSR count). The third kappa shape index (κ3) is 5.05. The van der Waals surface area contributed by atoms with Crippen molar-refractivity contribution in [1.82, 2.24) is 0 Å². The summed E-state index contributed by atoms with van der Waals surface area (Å²) in [6.45, 7) is 0. The van der Waals surface area contributed by atoms with Gasteiger partial charge in [-0.1, -0.05) is 53.0 Å². The number of nitriles is 1. The Morgan fingerprint density at radius 1 is 0.971 bits per heavy atom. The van der Waals surface area contributed by atoms with Crippen molar-refractivity contribution in [2.45, 2.75) is 16.7 Å². The molecule has 0 bridgehead atoms. The normalized spacial score (nSPS) is 18.1. The molecule has 1 aliphatic carbocycles. The molecule has 2 unspecified atom stereocenters. The first kappa shape index (κ1) is 24.9. The van der Waals surface area contributed by atoms with Crippen molar-refractivity contribution in [3.8, 4) is 6.07 Å². The Bertz CT molecular complexity index is 1330. The van der Waals surface area contributed by atoms with E-state index < -0.39 is 22.1 Å². The average molecular weight is 553 g/mol. The van der Waals surface area contributed by atoms with Gasteiger partial charge >= 0.3 is 0 Å². The number of rotatable bonds is 6. The maximum absolute atomic E-state index is 13.0. The molecular formula is C25H15Cl5N2O2. The lowest BCUT2D eigenvalue weighted by molar-refractivity contribution is -0.117. The molecule has 34 heavy (non-hydrogen) atoms. The molecule has 172 valence electrons. The van der Waals surface area contributed by atoms with Crippen LogP contribution in [0, 0.1) is 17.2 Å². The van der Waals surface area contributed by atoms with Gasteiger partial charge in [0.15, 0.2) is 5.78 Å². The van der Waals surface area contributed by atoms with E-state index in [1.807, 2.05) is 0 Å². The fourth-order valence-corrected chi connectivity index (χ4v) is 5.50. The minimum absolute atomic E-state index is 0.00640. The molecule has 0 aliphatic heterocycles. The zero-order valence-electron chi connectivity index (χ0n) is 17.3. The highest BCUT2D eigenvalue weighted by atomic mass is 35.5. The minimum Gasteiger partial charge on any atom is -0.326 e. The van der Waals surface area contributed by atoms with E-state index in [0.29, 0.717) is 32.4 Å². The summed E-state index contributed by atoms with van der Waals surface area (Å²) in [5.41, 5.74) is 2.26. The van der Waals surface area contributed by atoms with Crippen LogP contribution in [0.15, 0.2) is 60.7 Å². The molecule has 3 aromatic rings. The minimum atomic E-state index is -1.33. The van der Waals surface area contributed by atoms with Gasteiger partial charge in [0.1, 0.15) is 4.33 Å². The highest BCUT2D eigenvalue weighted by Crippen LogP contribution is 2.65. The van der Waals surface area contributed by atoms with E-state index in [0.717, 1.165) is 0 Å². The van der Waals surface area contributed by atoms with Gasteiger partial charge in [-0.05, 0) is 53.6 Å². The summed E-state index contributed by atoms with van der Waals surface area (Å²) in [4.78, 5) is 25.9. The molecule has 9 heteroatoms. The number of hydrogen-bond donors (Lipinski definition) is 1. The van der Waals surface area contributed by atoms with Gasteiger partial charge in [-0.15, -0.1) is 23.2 Å². The first-order valence-corrected chi connectivity index (χ1v) is 12.0. The van der Waals surface area contributed by atoms with Crippen LogP contribution in [0.2, 0.25) is 15.1 Å². The summed E-state index contributed by atoms with van der Waals surface area (Å²) in [6, 6.07) is 18.4. The van der Waals surface area contributed by atoms with Crippen LogP contribution in [0.5, 0.6) is 0 Å². The molecule has 0 saturated heterocycles. The SMILES string of the molecule is N#Cc1ccccc1CC(=O)c1cc(NC(=O)C2C(c3cc(Cl)cc(Cl)c3)C2(Cl)Cl)ccc1Cl. The number of nitrogens with one attached hydrogen (secondary N) is 1. The molecule has 3 aromatic carbocycles. The summed E-state index contributed by atoms with van der Waals surface area (Å²) in [6.07, 6.45) is -0.00640. The number of carbonyl (C=O) groups is 2. The zero-order valence-corrected chi connectivity index (χ0v) is 21.1. The Hall–Kier alpha value is -2.26. The number of ketones is 1. The Labute approximate surface area is 221 Å². The van der Waals surface area contributed by atoms with E-state index in [1.165, 1.54) is 12.1 Å². The molecule has 1 amide bonds. The number of alkyl halides is 2. The maximum atomic E-state index is 13.0. The lowest BCUT2D eigenvalue weighted by Crippen LogP contribution is -2.17. The van der Waals surface area contributed by atoms with Crippen LogP contribution in [-0.4, -0.2) is 16.0 Å². The Balaban J connectivity index is 1.52. The van der Waals surface area contributed by atoms with E-state index in [1.54, 1.807) is 48.5 Å². The molecule has 1 N–H and O–H groups in total. The summed E-state index contributed by atoms with van der Waals surface area (Å²) < 4.78 is -1.33. The summed E-state index contributed by atoms with van der Waals surface area (Å²) in [5.74, 6) is -1.95. The van der Waals surface area contributed by atoms with Crippen molar-refractivity contribution in [2.75, 3.05) is 5.32 Å². The number of anilines is 1. The number of hydrogen-bond acceptors (Lipinski definition) is 3. The molecule has 2 atom stereocenters. The highest BCUT2D eigenvalue weighted by Gasteiger charge is 2.67. The number of amides is 1. The fourth-order valence-electron chi connectivity index (χ4n) is 3.91. The van der Waals surface area contributed by atoms with Gasteiger partial charge in [-0.2, -0.15) is 5.26 Å². The lowest BCUT2D eigenvalue weighted by atomic mass is 9.99. The number of carbonyl (C=O) groups excluding carboxylic acids is 2. The van der Waals surface area contributed by atoms with Crippen molar-refractivity contribution in [3.63, 3.8) is 0 Å². The number of halogens is 5. The molecule has 1 fully saturated rings. The van der Waals surface area contributed by atoms with Crippen molar-refractivity contribution in [2.24, 2.45) is 5.92 Å². The molecule has 0 aromatic heterocycles. The van der Waals surface area contributed by atoms with Gasteiger partial charge in [-0.25, -0.2) is 0 Å². The first-order valence-electron chi connectivity index (χ1n) is 10.1. The number of benzene rings is 3. The molecule has 0 heterocycles. The van der Waals surface area contributed by atoms with Crippen LogP contribution in [0.3, 0.4) is 0 Å². The molecule has 0 spiro atoms.